The number of likely N-dealkylation sites (N-methyl/N-ethyl adjacent to an activating group) is 1. The van der Waals surface area contributed by atoms with Crippen LogP contribution in [0.1, 0.15) is 42.1 Å². The Labute approximate surface area is 149 Å². The fourth-order valence-corrected chi connectivity index (χ4v) is 3.08. The van der Waals surface area contributed by atoms with E-state index in [9.17, 15) is 9.59 Å². The lowest BCUT2D eigenvalue weighted by Crippen LogP contribution is -2.43. The second-order valence-corrected chi connectivity index (χ2v) is 6.83. The van der Waals surface area contributed by atoms with Crippen molar-refractivity contribution in [3.63, 3.8) is 0 Å². The van der Waals surface area contributed by atoms with Gasteiger partial charge < -0.3 is 15.3 Å². The Morgan fingerprint density at radius 2 is 1.80 bits per heavy atom. The molecule has 1 saturated heterocycles. The van der Waals surface area contributed by atoms with Gasteiger partial charge in [-0.05, 0) is 31.2 Å². The molecular formula is C19H29N3O3. The molecule has 1 aliphatic heterocycles. The van der Waals surface area contributed by atoms with E-state index in [0.717, 1.165) is 39.1 Å². The van der Waals surface area contributed by atoms with Crippen molar-refractivity contribution in [1.29, 1.82) is 0 Å². The van der Waals surface area contributed by atoms with E-state index in [1.807, 2.05) is 31.2 Å². The molecule has 1 fully saturated rings. The molecule has 0 radical (unpaired) electrons. The first-order valence-electron chi connectivity index (χ1n) is 9.00. The van der Waals surface area contributed by atoms with Gasteiger partial charge in [-0.2, -0.15) is 0 Å². The van der Waals surface area contributed by atoms with Crippen molar-refractivity contribution in [2.24, 2.45) is 0 Å². The van der Waals surface area contributed by atoms with Crippen LogP contribution in [0.3, 0.4) is 0 Å². The van der Waals surface area contributed by atoms with Crippen LogP contribution in [0.2, 0.25) is 0 Å². The molecule has 1 aromatic rings. The standard InChI is InChI=1S/C19H29N3O3/c1-3-4-17(13-18(23)24)20-19(25)16-7-5-15(6-8-16)14-22-11-9-21(2)10-12-22/h5-8,17H,3-4,9-14H2,1-2H3,(H,20,25)(H,23,24)/t17-/m1/s1. The minimum Gasteiger partial charge on any atom is -0.481 e. The fraction of sp³-hybridized carbons (Fsp3) is 0.579. The molecule has 2 N–H and O–H groups in total. The van der Waals surface area contributed by atoms with Crippen molar-refractivity contribution in [3.8, 4) is 0 Å². The predicted octanol–water partition coefficient (Wildman–Crippen LogP) is 1.81. The topological polar surface area (TPSA) is 72.9 Å². The molecule has 0 unspecified atom stereocenters. The average Bonchev–Trinajstić information content (AvgIpc) is 2.57. The number of rotatable bonds is 8. The Balaban J connectivity index is 1.89. The van der Waals surface area contributed by atoms with Crippen LogP contribution in [-0.4, -0.2) is 66.1 Å². The smallest absolute Gasteiger partial charge is 0.305 e. The number of carbonyl (C=O) groups is 2. The molecule has 0 bridgehead atoms. The number of carboxylic acids is 1. The molecule has 2 rings (SSSR count). The van der Waals surface area contributed by atoms with Gasteiger partial charge in [0.1, 0.15) is 0 Å². The number of benzene rings is 1. The molecule has 0 aliphatic carbocycles. The van der Waals surface area contributed by atoms with Crippen molar-refractivity contribution in [2.75, 3.05) is 33.2 Å². The summed E-state index contributed by atoms with van der Waals surface area (Å²) in [6, 6.07) is 7.30. The van der Waals surface area contributed by atoms with Gasteiger partial charge in [0.2, 0.25) is 0 Å². The Morgan fingerprint density at radius 1 is 1.16 bits per heavy atom. The van der Waals surface area contributed by atoms with Gasteiger partial charge in [-0.25, -0.2) is 0 Å². The first-order chi connectivity index (χ1) is 12.0. The minimum absolute atomic E-state index is 0.0406. The van der Waals surface area contributed by atoms with E-state index in [1.165, 1.54) is 5.56 Å². The van der Waals surface area contributed by atoms with Crippen molar-refractivity contribution in [1.82, 2.24) is 15.1 Å². The van der Waals surface area contributed by atoms with Crippen molar-refractivity contribution < 1.29 is 14.7 Å². The lowest BCUT2D eigenvalue weighted by Gasteiger charge is -2.32. The van der Waals surface area contributed by atoms with E-state index < -0.39 is 5.97 Å². The van der Waals surface area contributed by atoms with Crippen LogP contribution < -0.4 is 5.32 Å². The summed E-state index contributed by atoms with van der Waals surface area (Å²) in [5, 5.41) is 11.8. The molecule has 138 valence electrons. The largest absolute Gasteiger partial charge is 0.481 e. The molecule has 6 nitrogen and oxygen atoms in total. The van der Waals surface area contributed by atoms with Crippen molar-refractivity contribution >= 4 is 11.9 Å². The van der Waals surface area contributed by atoms with E-state index in [4.69, 9.17) is 5.11 Å². The summed E-state index contributed by atoms with van der Waals surface area (Å²) in [7, 11) is 2.14. The fourth-order valence-electron chi connectivity index (χ4n) is 3.08. The molecule has 25 heavy (non-hydrogen) atoms. The average molecular weight is 347 g/mol. The van der Waals surface area contributed by atoms with E-state index in [0.29, 0.717) is 12.0 Å². The minimum atomic E-state index is -0.888. The summed E-state index contributed by atoms with van der Waals surface area (Å²) in [5.41, 5.74) is 1.77. The van der Waals surface area contributed by atoms with Crippen LogP contribution in [-0.2, 0) is 11.3 Å². The molecule has 1 atom stereocenters. The number of hydrogen-bond acceptors (Lipinski definition) is 4. The van der Waals surface area contributed by atoms with Gasteiger partial charge in [0.15, 0.2) is 0 Å². The number of carbonyl (C=O) groups excluding carboxylic acids is 1. The van der Waals surface area contributed by atoms with Gasteiger partial charge in [-0.15, -0.1) is 0 Å². The number of aliphatic carboxylic acids is 1. The second kappa shape index (κ2) is 9.53. The number of nitrogens with one attached hydrogen (secondary N) is 1. The SMILES string of the molecule is CCC[C@H](CC(=O)O)NC(=O)c1ccc(CN2CCN(C)CC2)cc1. The van der Waals surface area contributed by atoms with Gasteiger partial charge in [-0.1, -0.05) is 25.5 Å². The third kappa shape index (κ3) is 6.48. The second-order valence-electron chi connectivity index (χ2n) is 6.83. The van der Waals surface area contributed by atoms with Gasteiger partial charge in [0, 0.05) is 44.3 Å². The molecule has 1 heterocycles. The molecule has 0 spiro atoms. The third-order valence-corrected chi connectivity index (χ3v) is 4.61. The zero-order valence-corrected chi connectivity index (χ0v) is 15.2. The molecule has 0 aromatic heterocycles. The van der Waals surface area contributed by atoms with Gasteiger partial charge >= 0.3 is 5.97 Å². The van der Waals surface area contributed by atoms with Crippen molar-refractivity contribution in [2.45, 2.75) is 38.8 Å². The highest BCUT2D eigenvalue weighted by atomic mass is 16.4. The number of nitrogens with zero attached hydrogens (tertiary/aromatic N) is 2. The van der Waals surface area contributed by atoms with Crippen LogP contribution in [0.15, 0.2) is 24.3 Å². The highest BCUT2D eigenvalue weighted by Gasteiger charge is 2.17. The normalized spacial score (nSPS) is 17.2. The lowest BCUT2D eigenvalue weighted by atomic mass is 10.1. The number of amides is 1. The maximum absolute atomic E-state index is 12.3. The highest BCUT2D eigenvalue weighted by molar-refractivity contribution is 5.94. The Hall–Kier alpha value is -1.92. The molecule has 6 heteroatoms. The molecule has 1 aromatic carbocycles. The quantitative estimate of drug-likeness (QED) is 0.750. The van der Waals surface area contributed by atoms with Crippen LogP contribution >= 0.6 is 0 Å². The Bertz CT molecular complexity index is 566. The molecule has 1 aliphatic rings. The third-order valence-electron chi connectivity index (χ3n) is 4.61. The first kappa shape index (κ1) is 19.4. The number of carboxylic acid groups (broad SMARTS) is 1. The zero-order chi connectivity index (χ0) is 18.2. The van der Waals surface area contributed by atoms with E-state index >= 15 is 0 Å². The number of piperazine rings is 1. The van der Waals surface area contributed by atoms with Crippen LogP contribution in [0.5, 0.6) is 0 Å². The van der Waals surface area contributed by atoms with Crippen LogP contribution in [0.25, 0.3) is 0 Å². The van der Waals surface area contributed by atoms with Crippen LogP contribution in [0.4, 0.5) is 0 Å². The van der Waals surface area contributed by atoms with Gasteiger partial charge in [-0.3, -0.25) is 14.5 Å². The predicted molar refractivity (Wildman–Crippen MR) is 97.6 cm³/mol. The summed E-state index contributed by atoms with van der Waals surface area (Å²) in [5.74, 6) is -1.09. The summed E-state index contributed by atoms with van der Waals surface area (Å²) in [4.78, 5) is 28.0. The maximum atomic E-state index is 12.3. The Kier molecular flexibility index (Phi) is 7.40. The monoisotopic (exact) mass is 347 g/mol. The summed E-state index contributed by atoms with van der Waals surface area (Å²) >= 11 is 0. The molecule has 0 saturated carbocycles. The summed E-state index contributed by atoms with van der Waals surface area (Å²) < 4.78 is 0. The first-order valence-corrected chi connectivity index (χ1v) is 9.00. The zero-order valence-electron chi connectivity index (χ0n) is 15.2. The maximum Gasteiger partial charge on any atom is 0.305 e. The van der Waals surface area contributed by atoms with Gasteiger partial charge in [0.25, 0.3) is 5.91 Å². The van der Waals surface area contributed by atoms with Crippen molar-refractivity contribution in [3.05, 3.63) is 35.4 Å². The van der Waals surface area contributed by atoms with Gasteiger partial charge in [0.05, 0.1) is 6.42 Å². The molecular weight excluding hydrogens is 318 g/mol. The van der Waals surface area contributed by atoms with Crippen LogP contribution in [0, 0.1) is 0 Å². The van der Waals surface area contributed by atoms with E-state index in [-0.39, 0.29) is 18.4 Å². The van der Waals surface area contributed by atoms with E-state index in [2.05, 4.69) is 22.2 Å². The summed E-state index contributed by atoms with van der Waals surface area (Å²) in [6.45, 7) is 7.17. The lowest BCUT2D eigenvalue weighted by molar-refractivity contribution is -0.137. The van der Waals surface area contributed by atoms with E-state index in [1.54, 1.807) is 0 Å². The Morgan fingerprint density at radius 3 is 2.36 bits per heavy atom. The highest BCUT2D eigenvalue weighted by Crippen LogP contribution is 2.11. The number of hydrogen-bond donors (Lipinski definition) is 2. The molecule has 1 amide bonds. The summed E-state index contributed by atoms with van der Waals surface area (Å²) in [6.07, 6.45) is 1.46.